The summed E-state index contributed by atoms with van der Waals surface area (Å²) in [6.45, 7) is 4.07. The smallest absolute Gasteiger partial charge is 0.259 e. The van der Waals surface area contributed by atoms with E-state index < -0.39 is 10.0 Å². The number of hydrogen-bond acceptors (Lipinski definition) is 4. The normalized spacial score (nSPS) is 15.8. The van der Waals surface area contributed by atoms with Gasteiger partial charge in [-0.05, 0) is 43.2 Å². The van der Waals surface area contributed by atoms with Gasteiger partial charge in [-0.15, -0.1) is 0 Å². The van der Waals surface area contributed by atoms with Crippen molar-refractivity contribution in [1.29, 1.82) is 5.26 Å². The zero-order chi connectivity index (χ0) is 20.4. The largest absolute Gasteiger partial charge is 0.293 e. The molecule has 1 saturated heterocycles. The molecule has 0 amide bonds. The maximum Gasteiger partial charge on any atom is 0.293 e. The van der Waals surface area contributed by atoms with Crippen LogP contribution >= 0.6 is 0 Å². The Morgan fingerprint density at radius 2 is 1.79 bits per heavy atom. The molecule has 0 radical (unpaired) electrons. The fourth-order valence-electron chi connectivity index (χ4n) is 3.76. The number of nitriles is 1. The van der Waals surface area contributed by atoms with E-state index in [9.17, 15) is 13.7 Å². The molecule has 3 aromatic rings. The van der Waals surface area contributed by atoms with Gasteiger partial charge in [0.1, 0.15) is 17.1 Å². The molecule has 1 N–H and O–H groups in total. The van der Waals surface area contributed by atoms with Crippen molar-refractivity contribution in [3.8, 4) is 6.07 Å². The minimum atomic E-state index is -3.52. The lowest BCUT2D eigenvalue weighted by Crippen LogP contribution is -2.37. The van der Waals surface area contributed by atoms with Crippen LogP contribution in [0.3, 0.4) is 0 Å². The van der Waals surface area contributed by atoms with Gasteiger partial charge in [0, 0.05) is 11.9 Å². The van der Waals surface area contributed by atoms with E-state index in [0.717, 1.165) is 22.3 Å². The fourth-order valence-corrected chi connectivity index (χ4v) is 5.25. The van der Waals surface area contributed by atoms with Crippen molar-refractivity contribution in [3.63, 3.8) is 0 Å². The first kappa shape index (κ1) is 19.4. The molecule has 4 rings (SSSR count). The lowest BCUT2D eigenvalue weighted by Gasteiger charge is -2.19. The van der Waals surface area contributed by atoms with Crippen LogP contribution in [0.15, 0.2) is 59.5 Å². The average Bonchev–Trinajstić information content (AvgIpc) is 3.00. The Morgan fingerprint density at radius 1 is 1.00 bits per heavy atom. The second kappa shape index (κ2) is 7.82. The predicted molar refractivity (Wildman–Crippen MR) is 112 cm³/mol. The Labute approximate surface area is 171 Å². The lowest BCUT2D eigenvalue weighted by atomic mass is 10.1. The number of nitrogens with one attached hydrogen (secondary N) is 1. The maximum absolute atomic E-state index is 13.0. The second-order valence-electron chi connectivity index (χ2n) is 7.29. The third-order valence-corrected chi connectivity index (χ3v) is 7.20. The summed E-state index contributed by atoms with van der Waals surface area (Å²) in [6, 6.07) is 18.8. The zero-order valence-electron chi connectivity index (χ0n) is 16.3. The summed E-state index contributed by atoms with van der Waals surface area (Å²) in [4.78, 5) is 5.81. The molecule has 6 nitrogen and oxygen atoms in total. The predicted octanol–water partition coefficient (Wildman–Crippen LogP) is 2.74. The van der Waals surface area contributed by atoms with Crippen LogP contribution in [0.4, 0.5) is 5.82 Å². The topological polar surface area (TPSA) is 78.5 Å². The van der Waals surface area contributed by atoms with E-state index in [2.05, 4.69) is 22.0 Å². The van der Waals surface area contributed by atoms with Crippen molar-refractivity contribution >= 4 is 26.7 Å². The van der Waals surface area contributed by atoms with E-state index in [1.807, 2.05) is 31.2 Å². The molecule has 2 aromatic carbocycles. The summed E-state index contributed by atoms with van der Waals surface area (Å²) in [5.41, 5.74) is 2.68. The Bertz CT molecular complexity index is 1190. The number of aromatic nitrogens is 1. The van der Waals surface area contributed by atoms with Crippen molar-refractivity contribution in [2.24, 2.45) is 0 Å². The number of pyridine rings is 1. The molecule has 0 spiro atoms. The molecule has 148 valence electrons. The first-order valence-corrected chi connectivity index (χ1v) is 11.1. The molecule has 1 aromatic heterocycles. The van der Waals surface area contributed by atoms with Gasteiger partial charge in [-0.1, -0.05) is 30.3 Å². The number of H-pyrrole nitrogens is 1. The van der Waals surface area contributed by atoms with E-state index in [-0.39, 0.29) is 0 Å². The molecular weight excluding hydrogens is 384 g/mol. The van der Waals surface area contributed by atoms with Crippen molar-refractivity contribution in [1.82, 2.24) is 4.31 Å². The summed E-state index contributed by atoms with van der Waals surface area (Å²) in [6.07, 6.45) is 0.691. The monoisotopic (exact) mass is 407 g/mol. The van der Waals surface area contributed by atoms with Gasteiger partial charge in [0.15, 0.2) is 0 Å². The Balaban J connectivity index is 1.63. The molecule has 29 heavy (non-hydrogen) atoms. The molecule has 0 atom stereocenters. The highest BCUT2D eigenvalue weighted by Crippen LogP contribution is 2.23. The molecule has 1 aliphatic heterocycles. The van der Waals surface area contributed by atoms with Gasteiger partial charge >= 0.3 is 0 Å². The molecule has 0 unspecified atom stereocenters. The highest BCUT2D eigenvalue weighted by molar-refractivity contribution is 7.89. The highest BCUT2D eigenvalue weighted by Gasteiger charge is 2.30. The average molecular weight is 408 g/mol. The molecule has 1 aliphatic rings. The van der Waals surface area contributed by atoms with E-state index in [0.29, 0.717) is 43.1 Å². The molecule has 0 saturated carbocycles. The third-order valence-electron chi connectivity index (χ3n) is 5.29. The van der Waals surface area contributed by atoms with Crippen LogP contribution < -0.4 is 9.88 Å². The minimum Gasteiger partial charge on any atom is -0.259 e. The van der Waals surface area contributed by atoms with Gasteiger partial charge in [-0.25, -0.2) is 13.4 Å². The van der Waals surface area contributed by atoms with Crippen LogP contribution in [-0.2, 0) is 10.0 Å². The van der Waals surface area contributed by atoms with Crippen LogP contribution in [0, 0.1) is 18.3 Å². The summed E-state index contributed by atoms with van der Waals surface area (Å²) < 4.78 is 27.5. The number of aryl methyl sites for hydroxylation is 1. The number of hydrogen-bond donors (Lipinski definition) is 0. The van der Waals surface area contributed by atoms with E-state index in [1.165, 1.54) is 0 Å². The summed E-state index contributed by atoms with van der Waals surface area (Å²) in [7, 11) is -3.52. The van der Waals surface area contributed by atoms with Gasteiger partial charge in [0.2, 0.25) is 10.0 Å². The van der Waals surface area contributed by atoms with Gasteiger partial charge in [-0.3, -0.25) is 4.90 Å². The number of rotatable bonds is 3. The zero-order valence-corrected chi connectivity index (χ0v) is 17.1. The van der Waals surface area contributed by atoms with Gasteiger partial charge in [0.25, 0.3) is 5.82 Å². The molecular formula is C22H23N4O2S+. The number of benzene rings is 2. The van der Waals surface area contributed by atoms with Crippen molar-refractivity contribution in [2.75, 3.05) is 31.1 Å². The highest BCUT2D eigenvalue weighted by atomic mass is 32.2. The number of fused-ring (bicyclic) bond motifs is 1. The Hall–Kier alpha value is -2.95. The summed E-state index contributed by atoms with van der Waals surface area (Å²) in [5.74, 6) is 0.754. The number of sulfonamides is 1. The maximum atomic E-state index is 13.0. The summed E-state index contributed by atoms with van der Waals surface area (Å²) >= 11 is 0. The standard InChI is InChI=1S/C22H22N4O2S/c1-17-8-9-18-15-19(16-23)22(24-21(18)14-17)25-10-5-11-26(13-12-25)29(27,28)20-6-3-2-4-7-20/h2-4,6-9,14-15H,5,10-13H2,1H3/p+1. The van der Waals surface area contributed by atoms with Crippen molar-refractivity contribution in [2.45, 2.75) is 18.2 Å². The fraction of sp³-hybridized carbons (Fsp3) is 0.273. The van der Waals surface area contributed by atoms with E-state index >= 15 is 0 Å². The van der Waals surface area contributed by atoms with Crippen LogP contribution in [0.25, 0.3) is 10.9 Å². The molecule has 2 heterocycles. The quantitative estimate of drug-likeness (QED) is 0.669. The second-order valence-corrected chi connectivity index (χ2v) is 9.23. The Kier molecular flexibility index (Phi) is 5.22. The van der Waals surface area contributed by atoms with Crippen LogP contribution in [0.2, 0.25) is 0 Å². The number of anilines is 1. The lowest BCUT2D eigenvalue weighted by molar-refractivity contribution is -0.330. The number of nitrogens with zero attached hydrogens (tertiary/aromatic N) is 3. The SMILES string of the molecule is Cc1ccc2cc(C#N)c(N3CCCN(S(=O)(=O)c4ccccc4)CC3)[nH+]c2c1. The minimum absolute atomic E-state index is 0.318. The Morgan fingerprint density at radius 3 is 2.55 bits per heavy atom. The van der Waals surface area contributed by atoms with Gasteiger partial charge < -0.3 is 0 Å². The van der Waals surface area contributed by atoms with E-state index in [1.54, 1.807) is 28.6 Å². The molecule has 1 fully saturated rings. The summed E-state index contributed by atoms with van der Waals surface area (Å²) in [5, 5.41) is 10.6. The van der Waals surface area contributed by atoms with Gasteiger partial charge in [0.05, 0.1) is 24.5 Å². The van der Waals surface area contributed by atoms with Crippen LogP contribution in [0.1, 0.15) is 17.5 Å². The molecule has 0 aliphatic carbocycles. The van der Waals surface area contributed by atoms with E-state index in [4.69, 9.17) is 0 Å². The van der Waals surface area contributed by atoms with Gasteiger partial charge in [-0.2, -0.15) is 9.57 Å². The van der Waals surface area contributed by atoms with Crippen LogP contribution in [0.5, 0.6) is 0 Å². The first-order valence-electron chi connectivity index (χ1n) is 9.66. The van der Waals surface area contributed by atoms with Crippen molar-refractivity contribution in [3.05, 3.63) is 65.7 Å². The van der Waals surface area contributed by atoms with Crippen LogP contribution in [-0.4, -0.2) is 38.9 Å². The molecule has 0 bridgehead atoms. The van der Waals surface area contributed by atoms with Crippen molar-refractivity contribution < 1.29 is 13.4 Å². The first-order chi connectivity index (χ1) is 14.0. The third kappa shape index (κ3) is 3.82. The number of aromatic amines is 1. The molecule has 7 heteroatoms.